The van der Waals surface area contributed by atoms with Gasteiger partial charge in [0.05, 0.1) is 17.4 Å². The molecule has 0 saturated carbocycles. The SMILES string of the molecule is NC(=O)c1csc(CNc2ccc(-n3cccn3)nc2)c1. The second-order valence-electron chi connectivity index (χ2n) is 4.38. The number of hydrogen-bond acceptors (Lipinski definition) is 5. The smallest absolute Gasteiger partial charge is 0.249 e. The summed E-state index contributed by atoms with van der Waals surface area (Å²) in [6.07, 6.45) is 5.30. The van der Waals surface area contributed by atoms with Gasteiger partial charge in [-0.05, 0) is 24.3 Å². The minimum atomic E-state index is -0.400. The van der Waals surface area contributed by atoms with Crippen molar-refractivity contribution in [2.24, 2.45) is 5.73 Å². The molecule has 0 saturated heterocycles. The van der Waals surface area contributed by atoms with Crippen LogP contribution in [0.4, 0.5) is 5.69 Å². The van der Waals surface area contributed by atoms with Crippen molar-refractivity contribution in [2.45, 2.75) is 6.54 Å². The lowest BCUT2D eigenvalue weighted by Crippen LogP contribution is -2.09. The summed E-state index contributed by atoms with van der Waals surface area (Å²) < 4.78 is 1.70. The summed E-state index contributed by atoms with van der Waals surface area (Å²) in [5, 5.41) is 9.13. The lowest BCUT2D eigenvalue weighted by Gasteiger charge is -2.05. The number of carbonyl (C=O) groups is 1. The fourth-order valence-corrected chi connectivity index (χ4v) is 2.64. The number of carbonyl (C=O) groups excluding carboxylic acids is 1. The first-order valence-corrected chi connectivity index (χ1v) is 7.17. The second-order valence-corrected chi connectivity index (χ2v) is 5.37. The standard InChI is InChI=1S/C14H13N5OS/c15-14(20)10-6-12(21-9-10)8-16-11-2-3-13(17-7-11)19-5-1-4-18-19/h1-7,9,16H,8H2,(H2,15,20). The largest absolute Gasteiger partial charge is 0.379 e. The van der Waals surface area contributed by atoms with Crippen molar-refractivity contribution >= 4 is 22.9 Å². The van der Waals surface area contributed by atoms with Crippen LogP contribution >= 0.6 is 11.3 Å². The zero-order chi connectivity index (χ0) is 14.7. The Hall–Kier alpha value is -2.67. The molecule has 1 amide bonds. The summed E-state index contributed by atoms with van der Waals surface area (Å²) >= 11 is 1.50. The number of rotatable bonds is 5. The van der Waals surface area contributed by atoms with Crippen molar-refractivity contribution in [3.8, 4) is 5.82 Å². The van der Waals surface area contributed by atoms with Crippen molar-refractivity contribution in [1.82, 2.24) is 14.8 Å². The predicted molar refractivity (Wildman–Crippen MR) is 81.5 cm³/mol. The van der Waals surface area contributed by atoms with Gasteiger partial charge in [0.2, 0.25) is 5.91 Å². The van der Waals surface area contributed by atoms with Gasteiger partial charge >= 0.3 is 0 Å². The molecule has 0 aliphatic heterocycles. The number of hydrogen-bond donors (Lipinski definition) is 2. The van der Waals surface area contributed by atoms with E-state index in [4.69, 9.17) is 5.73 Å². The number of nitrogens with two attached hydrogens (primary N) is 1. The monoisotopic (exact) mass is 299 g/mol. The Labute approximate surface area is 125 Å². The van der Waals surface area contributed by atoms with E-state index in [0.717, 1.165) is 16.4 Å². The van der Waals surface area contributed by atoms with Crippen molar-refractivity contribution in [3.63, 3.8) is 0 Å². The summed E-state index contributed by atoms with van der Waals surface area (Å²) in [6.45, 7) is 0.626. The van der Waals surface area contributed by atoms with E-state index in [9.17, 15) is 4.79 Å². The van der Waals surface area contributed by atoms with Crippen LogP contribution < -0.4 is 11.1 Å². The highest BCUT2D eigenvalue weighted by Gasteiger charge is 2.05. The fourth-order valence-electron chi connectivity index (χ4n) is 1.82. The number of thiophene rings is 1. The summed E-state index contributed by atoms with van der Waals surface area (Å²) in [5.74, 6) is 0.362. The van der Waals surface area contributed by atoms with Gasteiger partial charge in [-0.25, -0.2) is 9.67 Å². The Balaban J connectivity index is 1.64. The molecule has 0 fully saturated rings. The first kappa shape index (κ1) is 13.3. The molecule has 0 radical (unpaired) electrons. The van der Waals surface area contributed by atoms with Crippen LogP contribution in [0.2, 0.25) is 0 Å². The van der Waals surface area contributed by atoms with E-state index in [1.54, 1.807) is 28.5 Å². The Kier molecular flexibility index (Phi) is 3.65. The number of nitrogens with zero attached hydrogens (tertiary/aromatic N) is 3. The molecule has 3 aromatic heterocycles. The normalized spacial score (nSPS) is 10.5. The van der Waals surface area contributed by atoms with Crippen LogP contribution in [0.5, 0.6) is 0 Å². The van der Waals surface area contributed by atoms with E-state index in [2.05, 4.69) is 15.4 Å². The van der Waals surface area contributed by atoms with E-state index < -0.39 is 5.91 Å². The van der Waals surface area contributed by atoms with Crippen molar-refractivity contribution in [2.75, 3.05) is 5.32 Å². The van der Waals surface area contributed by atoms with Gasteiger partial charge in [0.1, 0.15) is 0 Å². The number of primary amides is 1. The molecule has 0 aliphatic rings. The summed E-state index contributed by atoms with van der Waals surface area (Å²) in [5.41, 5.74) is 6.67. The Bertz CT molecular complexity index is 733. The van der Waals surface area contributed by atoms with E-state index in [1.165, 1.54) is 11.3 Å². The third kappa shape index (κ3) is 3.09. The topological polar surface area (TPSA) is 85.8 Å². The van der Waals surface area contributed by atoms with Crippen LogP contribution in [0, 0.1) is 0 Å². The molecule has 0 aromatic carbocycles. The highest BCUT2D eigenvalue weighted by atomic mass is 32.1. The molecule has 3 heterocycles. The highest BCUT2D eigenvalue weighted by molar-refractivity contribution is 7.10. The molecule has 6 nitrogen and oxygen atoms in total. The molecule has 0 aliphatic carbocycles. The van der Waals surface area contributed by atoms with Crippen LogP contribution in [0.1, 0.15) is 15.2 Å². The van der Waals surface area contributed by atoms with Gasteiger partial charge in [-0.1, -0.05) is 0 Å². The molecule has 3 aromatic rings. The van der Waals surface area contributed by atoms with Gasteiger partial charge in [-0.2, -0.15) is 5.10 Å². The minimum Gasteiger partial charge on any atom is -0.379 e. The Morgan fingerprint density at radius 1 is 1.43 bits per heavy atom. The molecule has 0 bridgehead atoms. The Morgan fingerprint density at radius 2 is 2.33 bits per heavy atom. The van der Waals surface area contributed by atoms with E-state index >= 15 is 0 Å². The molecule has 3 rings (SSSR count). The molecular formula is C14H13N5OS. The van der Waals surface area contributed by atoms with Crippen molar-refractivity contribution in [3.05, 3.63) is 58.7 Å². The number of amides is 1. The summed E-state index contributed by atoms with van der Waals surface area (Å²) in [6, 6.07) is 7.47. The molecule has 106 valence electrons. The third-order valence-electron chi connectivity index (χ3n) is 2.89. The van der Waals surface area contributed by atoms with Crippen molar-refractivity contribution < 1.29 is 4.79 Å². The quantitative estimate of drug-likeness (QED) is 0.755. The van der Waals surface area contributed by atoms with Gasteiger partial charge in [-0.15, -0.1) is 11.3 Å². The predicted octanol–water partition coefficient (Wildman–Crippen LogP) is 2.04. The Morgan fingerprint density at radius 3 is 2.95 bits per heavy atom. The zero-order valence-corrected chi connectivity index (χ0v) is 11.9. The van der Waals surface area contributed by atoms with Crippen LogP contribution in [0.15, 0.2) is 48.2 Å². The highest BCUT2D eigenvalue weighted by Crippen LogP contribution is 2.16. The van der Waals surface area contributed by atoms with E-state index in [1.807, 2.05) is 24.4 Å². The van der Waals surface area contributed by atoms with E-state index in [-0.39, 0.29) is 0 Å². The average Bonchev–Trinajstić information content (AvgIpc) is 3.17. The van der Waals surface area contributed by atoms with Crippen LogP contribution in [0.3, 0.4) is 0 Å². The lowest BCUT2D eigenvalue weighted by molar-refractivity contribution is 0.100. The maximum absolute atomic E-state index is 11.0. The van der Waals surface area contributed by atoms with Gasteiger partial charge in [0, 0.05) is 29.2 Å². The van der Waals surface area contributed by atoms with E-state index in [0.29, 0.717) is 12.1 Å². The maximum Gasteiger partial charge on any atom is 0.249 e. The third-order valence-corrected chi connectivity index (χ3v) is 3.83. The van der Waals surface area contributed by atoms with Gasteiger partial charge in [-0.3, -0.25) is 4.79 Å². The first-order chi connectivity index (χ1) is 10.2. The molecule has 21 heavy (non-hydrogen) atoms. The number of nitrogens with one attached hydrogen (secondary N) is 1. The molecule has 3 N–H and O–H groups in total. The average molecular weight is 299 g/mol. The minimum absolute atomic E-state index is 0.400. The lowest BCUT2D eigenvalue weighted by atomic mass is 10.3. The first-order valence-electron chi connectivity index (χ1n) is 6.29. The van der Waals surface area contributed by atoms with Gasteiger partial charge < -0.3 is 11.1 Å². The molecule has 0 atom stereocenters. The number of aromatic nitrogens is 3. The fraction of sp³-hybridized carbons (Fsp3) is 0.0714. The van der Waals surface area contributed by atoms with Crippen molar-refractivity contribution in [1.29, 1.82) is 0 Å². The summed E-state index contributed by atoms with van der Waals surface area (Å²) in [7, 11) is 0. The number of anilines is 1. The van der Waals surface area contributed by atoms with Crippen LogP contribution in [-0.2, 0) is 6.54 Å². The zero-order valence-electron chi connectivity index (χ0n) is 11.1. The van der Waals surface area contributed by atoms with Gasteiger partial charge in [0.15, 0.2) is 5.82 Å². The molecule has 0 unspecified atom stereocenters. The molecule has 7 heteroatoms. The maximum atomic E-state index is 11.0. The summed E-state index contributed by atoms with van der Waals surface area (Å²) in [4.78, 5) is 16.4. The van der Waals surface area contributed by atoms with Crippen LogP contribution in [0.25, 0.3) is 5.82 Å². The molecule has 0 spiro atoms. The number of pyridine rings is 1. The second kappa shape index (κ2) is 5.76. The van der Waals surface area contributed by atoms with Crippen LogP contribution in [-0.4, -0.2) is 20.7 Å². The molecular weight excluding hydrogens is 286 g/mol. The van der Waals surface area contributed by atoms with Gasteiger partial charge in [0.25, 0.3) is 0 Å².